The predicted octanol–water partition coefficient (Wildman–Crippen LogP) is 2.56. The number of allylic oxidation sites excluding steroid dienone is 1. The number of oxazole rings is 1. The molecule has 0 spiro atoms. The molecule has 0 aliphatic heterocycles. The van der Waals surface area contributed by atoms with E-state index in [0.29, 0.717) is 0 Å². The number of nitrogens with zero attached hydrogens (tertiary/aromatic N) is 1. The van der Waals surface area contributed by atoms with Gasteiger partial charge in [0.25, 0.3) is 0 Å². The van der Waals surface area contributed by atoms with Gasteiger partial charge in [0.1, 0.15) is 5.52 Å². The molecule has 2 nitrogen and oxygen atoms in total. The van der Waals surface area contributed by atoms with Crippen molar-refractivity contribution < 1.29 is 4.42 Å². The summed E-state index contributed by atoms with van der Waals surface area (Å²) < 4.78 is 5.16. The molecule has 2 rings (SSSR count). The molecule has 1 heterocycles. The summed E-state index contributed by atoms with van der Waals surface area (Å²) in [6.45, 7) is 3.69. The highest BCUT2D eigenvalue weighted by Gasteiger charge is 2.01. The molecular weight excluding hydrogens is 150 g/mol. The van der Waals surface area contributed by atoms with Crippen LogP contribution < -0.4 is 0 Å². The number of hydrogen-bond acceptors (Lipinski definition) is 2. The van der Waals surface area contributed by atoms with Gasteiger partial charge in [-0.1, -0.05) is 18.2 Å². The lowest BCUT2D eigenvalue weighted by Gasteiger charge is -1.94. The van der Waals surface area contributed by atoms with Gasteiger partial charge in [-0.15, -0.1) is 6.58 Å². The van der Waals surface area contributed by atoms with Crippen LogP contribution in [0.3, 0.4) is 0 Å². The van der Waals surface area contributed by atoms with Crippen molar-refractivity contribution in [1.82, 2.24) is 4.98 Å². The van der Waals surface area contributed by atoms with Crippen molar-refractivity contribution in [2.75, 3.05) is 0 Å². The first kappa shape index (κ1) is 7.10. The van der Waals surface area contributed by atoms with Crippen molar-refractivity contribution in [3.05, 3.63) is 42.8 Å². The zero-order valence-electron chi connectivity index (χ0n) is 6.66. The second kappa shape index (κ2) is 2.81. The van der Waals surface area contributed by atoms with E-state index in [-0.39, 0.29) is 0 Å². The Morgan fingerprint density at radius 3 is 3.25 bits per heavy atom. The van der Waals surface area contributed by atoms with Crippen LogP contribution in [-0.2, 0) is 6.42 Å². The lowest BCUT2D eigenvalue weighted by Crippen LogP contribution is -1.81. The highest BCUT2D eigenvalue weighted by atomic mass is 16.3. The molecule has 2 heteroatoms. The van der Waals surface area contributed by atoms with Gasteiger partial charge < -0.3 is 4.42 Å². The summed E-state index contributed by atoms with van der Waals surface area (Å²) in [5.41, 5.74) is 2.95. The summed E-state index contributed by atoms with van der Waals surface area (Å²) in [5.74, 6) is 0. The van der Waals surface area contributed by atoms with E-state index < -0.39 is 0 Å². The molecule has 12 heavy (non-hydrogen) atoms. The summed E-state index contributed by atoms with van der Waals surface area (Å²) in [6, 6.07) is 5.91. The van der Waals surface area contributed by atoms with E-state index in [1.54, 1.807) is 0 Å². The fraction of sp³-hybridized carbons (Fsp3) is 0.100. The van der Waals surface area contributed by atoms with Gasteiger partial charge in [0.05, 0.1) is 0 Å². The van der Waals surface area contributed by atoms with Crippen molar-refractivity contribution in [2.45, 2.75) is 6.42 Å². The maximum Gasteiger partial charge on any atom is 0.181 e. The molecule has 0 saturated heterocycles. The van der Waals surface area contributed by atoms with E-state index in [2.05, 4.69) is 11.6 Å². The quantitative estimate of drug-likeness (QED) is 0.629. The molecule has 0 N–H and O–H groups in total. The van der Waals surface area contributed by atoms with Crippen LogP contribution in [0.4, 0.5) is 0 Å². The molecule has 0 aliphatic carbocycles. The van der Waals surface area contributed by atoms with Gasteiger partial charge in [-0.25, -0.2) is 4.98 Å². The molecule has 1 aromatic heterocycles. The van der Waals surface area contributed by atoms with Crippen LogP contribution >= 0.6 is 0 Å². The summed E-state index contributed by atoms with van der Waals surface area (Å²) in [6.07, 6.45) is 4.17. The number of rotatable bonds is 2. The van der Waals surface area contributed by atoms with Gasteiger partial charge in [-0.05, 0) is 18.1 Å². The molecule has 0 radical (unpaired) electrons. The minimum Gasteiger partial charge on any atom is -0.443 e. The van der Waals surface area contributed by atoms with Crippen LogP contribution in [0.25, 0.3) is 11.1 Å². The Morgan fingerprint density at radius 2 is 2.42 bits per heavy atom. The number of fused-ring (bicyclic) bond motifs is 1. The van der Waals surface area contributed by atoms with Crippen LogP contribution in [0, 0.1) is 0 Å². The second-order valence-electron chi connectivity index (χ2n) is 2.61. The first-order valence-electron chi connectivity index (χ1n) is 3.84. The zero-order chi connectivity index (χ0) is 8.39. The van der Waals surface area contributed by atoms with Crippen molar-refractivity contribution in [1.29, 1.82) is 0 Å². The number of benzene rings is 1. The monoisotopic (exact) mass is 159 g/mol. The van der Waals surface area contributed by atoms with Crippen LogP contribution in [-0.4, -0.2) is 4.98 Å². The Kier molecular flexibility index (Phi) is 1.67. The molecule has 60 valence electrons. The zero-order valence-corrected chi connectivity index (χ0v) is 6.66. The molecule has 0 saturated carbocycles. The van der Waals surface area contributed by atoms with Gasteiger partial charge >= 0.3 is 0 Å². The Hall–Kier alpha value is -1.57. The molecule has 0 aliphatic rings. The van der Waals surface area contributed by atoms with Crippen LogP contribution in [0.1, 0.15) is 5.56 Å². The maximum atomic E-state index is 5.16. The van der Waals surface area contributed by atoms with E-state index in [1.807, 2.05) is 24.3 Å². The number of aromatic nitrogens is 1. The van der Waals surface area contributed by atoms with Gasteiger partial charge in [0, 0.05) is 0 Å². The van der Waals surface area contributed by atoms with E-state index >= 15 is 0 Å². The number of hydrogen-bond donors (Lipinski definition) is 0. The number of para-hydroxylation sites is 1. The molecule has 0 bridgehead atoms. The average molecular weight is 159 g/mol. The smallest absolute Gasteiger partial charge is 0.181 e. The topological polar surface area (TPSA) is 26.0 Å². The molecule has 1 aromatic carbocycles. The van der Waals surface area contributed by atoms with E-state index in [4.69, 9.17) is 4.42 Å². The third kappa shape index (κ3) is 1.01. The summed E-state index contributed by atoms with van der Waals surface area (Å²) in [4.78, 5) is 4.12. The van der Waals surface area contributed by atoms with E-state index in [0.717, 1.165) is 23.1 Å². The standard InChI is InChI=1S/C10H9NO/c1-2-4-8-5-3-6-9-10(8)11-7-12-9/h2-3,5-7H,1,4H2. The van der Waals surface area contributed by atoms with E-state index in [1.165, 1.54) is 6.39 Å². The maximum absolute atomic E-state index is 5.16. The Balaban J connectivity index is 2.65. The minimum atomic E-state index is 0.837. The van der Waals surface area contributed by atoms with Gasteiger partial charge in [0.2, 0.25) is 0 Å². The van der Waals surface area contributed by atoms with E-state index in [9.17, 15) is 0 Å². The van der Waals surface area contributed by atoms with Crippen molar-refractivity contribution in [3.8, 4) is 0 Å². The van der Waals surface area contributed by atoms with Crippen molar-refractivity contribution >= 4 is 11.1 Å². The fourth-order valence-electron chi connectivity index (χ4n) is 1.27. The Labute approximate surface area is 70.5 Å². The minimum absolute atomic E-state index is 0.837. The average Bonchev–Trinajstić information content (AvgIpc) is 2.53. The van der Waals surface area contributed by atoms with Gasteiger partial charge in [-0.2, -0.15) is 0 Å². The lowest BCUT2D eigenvalue weighted by atomic mass is 10.1. The van der Waals surface area contributed by atoms with Gasteiger partial charge in [-0.3, -0.25) is 0 Å². The summed E-state index contributed by atoms with van der Waals surface area (Å²) in [5, 5.41) is 0. The third-order valence-electron chi connectivity index (χ3n) is 1.81. The molecule has 0 unspecified atom stereocenters. The second-order valence-corrected chi connectivity index (χ2v) is 2.61. The van der Waals surface area contributed by atoms with Crippen LogP contribution in [0.15, 0.2) is 41.7 Å². The van der Waals surface area contributed by atoms with Crippen LogP contribution in [0.5, 0.6) is 0 Å². The van der Waals surface area contributed by atoms with Crippen LogP contribution in [0.2, 0.25) is 0 Å². The third-order valence-corrected chi connectivity index (χ3v) is 1.81. The molecule has 0 atom stereocenters. The molecule has 2 aromatic rings. The highest BCUT2D eigenvalue weighted by Crippen LogP contribution is 2.17. The Morgan fingerprint density at radius 1 is 1.50 bits per heavy atom. The largest absolute Gasteiger partial charge is 0.443 e. The molecule has 0 fully saturated rings. The first-order chi connectivity index (χ1) is 5.92. The summed E-state index contributed by atoms with van der Waals surface area (Å²) >= 11 is 0. The first-order valence-corrected chi connectivity index (χ1v) is 3.84. The van der Waals surface area contributed by atoms with Crippen molar-refractivity contribution in [3.63, 3.8) is 0 Å². The normalized spacial score (nSPS) is 10.3. The predicted molar refractivity (Wildman–Crippen MR) is 47.9 cm³/mol. The summed E-state index contributed by atoms with van der Waals surface area (Å²) in [7, 11) is 0. The van der Waals surface area contributed by atoms with Crippen molar-refractivity contribution in [2.24, 2.45) is 0 Å². The molecular formula is C10H9NO. The molecule has 0 amide bonds. The lowest BCUT2D eigenvalue weighted by molar-refractivity contribution is 0.602. The highest BCUT2D eigenvalue weighted by molar-refractivity contribution is 5.76. The van der Waals surface area contributed by atoms with Gasteiger partial charge in [0.15, 0.2) is 12.0 Å². The Bertz CT molecular complexity index is 403. The fourth-order valence-corrected chi connectivity index (χ4v) is 1.27. The SMILES string of the molecule is C=CCc1cccc2ocnc12.